The van der Waals surface area contributed by atoms with Crippen LogP contribution in [-0.2, 0) is 0 Å². The summed E-state index contributed by atoms with van der Waals surface area (Å²) < 4.78 is 2.14. The Balaban J connectivity index is 1.76. The molecule has 0 aliphatic heterocycles. The molecule has 3 aromatic carbocycles. The van der Waals surface area contributed by atoms with Crippen LogP contribution in [0.5, 0.6) is 0 Å². The molecule has 2 aromatic heterocycles. The molecule has 0 aliphatic carbocycles. The van der Waals surface area contributed by atoms with Gasteiger partial charge in [-0.2, -0.15) is 0 Å². The van der Waals surface area contributed by atoms with Gasteiger partial charge in [0, 0.05) is 0 Å². The van der Waals surface area contributed by atoms with Gasteiger partial charge in [-0.1, -0.05) is 41.9 Å². The van der Waals surface area contributed by atoms with Crippen LogP contribution in [0, 0.1) is 0 Å². The number of anilines is 2. The van der Waals surface area contributed by atoms with E-state index >= 15 is 0 Å². The largest absolute Gasteiger partial charge is 0.352 e. The molecule has 5 rings (SSSR count). The van der Waals surface area contributed by atoms with E-state index in [1.807, 2.05) is 48.5 Å². The van der Waals surface area contributed by atoms with E-state index in [1.165, 1.54) is 0 Å². The highest BCUT2D eigenvalue weighted by Gasteiger charge is 2.13. The summed E-state index contributed by atoms with van der Waals surface area (Å²) in [6.07, 6.45) is 0. The number of halogens is 1. The van der Waals surface area contributed by atoms with Crippen LogP contribution in [0.1, 0.15) is 0 Å². The van der Waals surface area contributed by atoms with Crippen molar-refractivity contribution in [1.82, 2.24) is 14.4 Å². The molecule has 4 nitrogen and oxygen atoms in total. The van der Waals surface area contributed by atoms with Gasteiger partial charge in [-0.05, 0) is 36.4 Å². The Labute approximate surface area is 142 Å². The van der Waals surface area contributed by atoms with Crippen molar-refractivity contribution in [3.8, 4) is 0 Å². The Morgan fingerprint density at radius 1 is 0.833 bits per heavy atom. The van der Waals surface area contributed by atoms with Gasteiger partial charge in [-0.25, -0.2) is 4.98 Å². The first-order chi connectivity index (χ1) is 11.8. The third-order valence-corrected chi connectivity index (χ3v) is 4.55. The number of fused-ring (bicyclic) bond motifs is 5. The molecule has 2 N–H and O–H groups in total. The Bertz CT molecular complexity index is 1200. The number of nitrogens with zero attached hydrogens (tertiary/aromatic N) is 2. The smallest absolute Gasteiger partial charge is 0.213 e. The van der Waals surface area contributed by atoms with Gasteiger partial charge in [-0.3, -0.25) is 4.40 Å². The molecule has 2 heterocycles. The molecule has 0 saturated carbocycles. The summed E-state index contributed by atoms with van der Waals surface area (Å²) in [6, 6.07) is 22.0. The van der Waals surface area contributed by atoms with Gasteiger partial charge in [0.1, 0.15) is 5.52 Å². The van der Waals surface area contributed by atoms with Crippen LogP contribution in [0.15, 0.2) is 66.7 Å². The number of para-hydroxylation sites is 4. The first kappa shape index (κ1) is 13.5. The van der Waals surface area contributed by atoms with E-state index in [0.29, 0.717) is 5.02 Å². The lowest BCUT2D eigenvalue weighted by Crippen LogP contribution is -1.92. The van der Waals surface area contributed by atoms with Crippen LogP contribution in [0.25, 0.3) is 27.8 Å². The van der Waals surface area contributed by atoms with Crippen molar-refractivity contribution in [2.45, 2.75) is 0 Å². The molecule has 0 unspecified atom stereocenters. The summed E-state index contributed by atoms with van der Waals surface area (Å²) in [7, 11) is 0. The normalized spacial score (nSPS) is 11.5. The standard InChI is InChI=1S/C19H13ClN4/c20-12-6-1-2-7-13(12)21-15-9-5-11-17-18(15)23-19-22-14-8-3-4-10-16(14)24(17)19/h1-11,21H,(H,22,23). The average molecular weight is 333 g/mol. The topological polar surface area (TPSA) is 45.1 Å². The molecule has 0 bridgehead atoms. The van der Waals surface area contributed by atoms with Crippen LogP contribution in [0.3, 0.4) is 0 Å². The van der Waals surface area contributed by atoms with Crippen LogP contribution in [0.2, 0.25) is 5.02 Å². The van der Waals surface area contributed by atoms with Gasteiger partial charge in [-0.15, -0.1) is 0 Å². The summed E-state index contributed by atoms with van der Waals surface area (Å²) in [5.41, 5.74) is 5.96. The van der Waals surface area contributed by atoms with E-state index in [2.05, 4.69) is 32.9 Å². The van der Waals surface area contributed by atoms with Gasteiger partial charge < -0.3 is 10.3 Å². The molecule has 0 saturated heterocycles. The molecular formula is C19H13ClN4. The number of aromatic nitrogens is 3. The molecule has 0 atom stereocenters. The van der Waals surface area contributed by atoms with Crippen molar-refractivity contribution in [1.29, 1.82) is 0 Å². The van der Waals surface area contributed by atoms with Crippen molar-refractivity contribution in [2.24, 2.45) is 0 Å². The van der Waals surface area contributed by atoms with Crippen molar-refractivity contribution in [3.05, 3.63) is 71.8 Å². The SMILES string of the molecule is Clc1ccccc1Nc1cccc2c1nc1[nH]c3ccccc3n12. The third-order valence-electron chi connectivity index (χ3n) is 4.22. The number of nitrogens with one attached hydrogen (secondary N) is 2. The Morgan fingerprint density at radius 3 is 2.50 bits per heavy atom. The van der Waals surface area contributed by atoms with Crippen molar-refractivity contribution in [2.75, 3.05) is 5.32 Å². The molecule has 0 aliphatic rings. The zero-order chi connectivity index (χ0) is 16.1. The summed E-state index contributed by atoms with van der Waals surface area (Å²) in [4.78, 5) is 8.15. The zero-order valence-electron chi connectivity index (χ0n) is 12.6. The third kappa shape index (κ3) is 1.90. The van der Waals surface area contributed by atoms with Gasteiger partial charge in [0.25, 0.3) is 0 Å². The lowest BCUT2D eigenvalue weighted by Gasteiger charge is -2.08. The Kier molecular flexibility index (Phi) is 2.81. The van der Waals surface area contributed by atoms with Gasteiger partial charge in [0.05, 0.1) is 32.9 Å². The predicted molar refractivity (Wildman–Crippen MR) is 99.3 cm³/mol. The monoisotopic (exact) mass is 332 g/mol. The van der Waals surface area contributed by atoms with Crippen LogP contribution in [0.4, 0.5) is 11.4 Å². The van der Waals surface area contributed by atoms with E-state index in [0.717, 1.165) is 39.2 Å². The highest BCUT2D eigenvalue weighted by Crippen LogP contribution is 2.31. The maximum absolute atomic E-state index is 6.27. The fraction of sp³-hybridized carbons (Fsp3) is 0. The minimum atomic E-state index is 0.685. The minimum Gasteiger partial charge on any atom is -0.352 e. The second-order valence-electron chi connectivity index (χ2n) is 5.69. The van der Waals surface area contributed by atoms with E-state index in [-0.39, 0.29) is 0 Å². The molecule has 0 fully saturated rings. The number of rotatable bonds is 2. The van der Waals surface area contributed by atoms with Gasteiger partial charge in [0.15, 0.2) is 0 Å². The maximum atomic E-state index is 6.27. The van der Waals surface area contributed by atoms with Crippen LogP contribution in [-0.4, -0.2) is 14.4 Å². The fourth-order valence-corrected chi connectivity index (χ4v) is 3.31. The van der Waals surface area contributed by atoms with Gasteiger partial charge >= 0.3 is 0 Å². The van der Waals surface area contributed by atoms with Gasteiger partial charge in [0.2, 0.25) is 5.78 Å². The van der Waals surface area contributed by atoms with E-state index in [1.54, 1.807) is 0 Å². The predicted octanol–water partition coefficient (Wildman–Crippen LogP) is 5.37. The fourth-order valence-electron chi connectivity index (χ4n) is 3.13. The lowest BCUT2D eigenvalue weighted by atomic mass is 10.2. The summed E-state index contributed by atoms with van der Waals surface area (Å²) in [6.45, 7) is 0. The number of benzene rings is 3. The first-order valence-electron chi connectivity index (χ1n) is 7.71. The summed E-state index contributed by atoms with van der Waals surface area (Å²) in [5.74, 6) is 0.833. The molecule has 116 valence electrons. The Morgan fingerprint density at radius 2 is 1.58 bits per heavy atom. The van der Waals surface area contributed by atoms with Crippen molar-refractivity contribution >= 4 is 50.8 Å². The van der Waals surface area contributed by atoms with Crippen LogP contribution < -0.4 is 5.32 Å². The molecule has 0 spiro atoms. The zero-order valence-corrected chi connectivity index (χ0v) is 13.4. The second-order valence-corrected chi connectivity index (χ2v) is 6.10. The minimum absolute atomic E-state index is 0.685. The van der Waals surface area contributed by atoms with E-state index < -0.39 is 0 Å². The van der Waals surface area contributed by atoms with Crippen molar-refractivity contribution < 1.29 is 0 Å². The summed E-state index contributed by atoms with van der Waals surface area (Å²) >= 11 is 6.27. The van der Waals surface area contributed by atoms with E-state index in [9.17, 15) is 0 Å². The highest BCUT2D eigenvalue weighted by molar-refractivity contribution is 6.33. The molecule has 5 heteroatoms. The quantitative estimate of drug-likeness (QED) is 0.456. The number of imidazole rings is 2. The van der Waals surface area contributed by atoms with Crippen LogP contribution >= 0.6 is 11.6 Å². The summed E-state index contributed by atoms with van der Waals surface area (Å²) in [5, 5.41) is 4.08. The number of hydrogen-bond donors (Lipinski definition) is 2. The molecule has 5 aromatic rings. The molecular weight excluding hydrogens is 320 g/mol. The first-order valence-corrected chi connectivity index (χ1v) is 8.08. The lowest BCUT2D eigenvalue weighted by molar-refractivity contribution is 1.28. The molecule has 24 heavy (non-hydrogen) atoms. The average Bonchev–Trinajstić information content (AvgIpc) is 3.13. The van der Waals surface area contributed by atoms with E-state index in [4.69, 9.17) is 16.6 Å². The number of aromatic amines is 1. The number of hydrogen-bond acceptors (Lipinski definition) is 2. The molecule has 0 amide bonds. The van der Waals surface area contributed by atoms with Crippen molar-refractivity contribution in [3.63, 3.8) is 0 Å². The highest BCUT2D eigenvalue weighted by atomic mass is 35.5. The number of H-pyrrole nitrogens is 1. The Hall–Kier alpha value is -2.98. The molecule has 0 radical (unpaired) electrons. The maximum Gasteiger partial charge on any atom is 0.213 e. The second kappa shape index (κ2) is 5.01.